The van der Waals surface area contributed by atoms with E-state index in [1.807, 2.05) is 0 Å². The van der Waals surface area contributed by atoms with Crippen LogP contribution in [0.2, 0.25) is 0 Å². The molecule has 1 heterocycles. The third kappa shape index (κ3) is 3.00. The molecule has 0 saturated heterocycles. The zero-order valence-corrected chi connectivity index (χ0v) is 9.86. The highest BCUT2D eigenvalue weighted by molar-refractivity contribution is 9.10. The first-order valence-corrected chi connectivity index (χ1v) is 5.30. The van der Waals surface area contributed by atoms with Gasteiger partial charge in [-0.05, 0) is 28.1 Å². The van der Waals surface area contributed by atoms with Gasteiger partial charge in [0, 0.05) is 6.20 Å². The Balaban J connectivity index is 2.41. The van der Waals surface area contributed by atoms with Crippen LogP contribution in [-0.4, -0.2) is 16.1 Å². The maximum Gasteiger partial charge on any atom is 0.573 e. The van der Waals surface area contributed by atoms with E-state index < -0.39 is 6.36 Å². The molecule has 0 atom stereocenters. The second-order valence-electron chi connectivity index (χ2n) is 3.12. The fourth-order valence-corrected chi connectivity index (χ4v) is 1.58. The lowest BCUT2D eigenvalue weighted by molar-refractivity contribution is -0.274. The van der Waals surface area contributed by atoms with Crippen molar-refractivity contribution in [3.63, 3.8) is 0 Å². The highest BCUT2D eigenvalue weighted by Gasteiger charge is 2.32. The highest BCUT2D eigenvalue weighted by Crippen LogP contribution is 2.28. The summed E-state index contributed by atoms with van der Waals surface area (Å²) in [6.07, 6.45) is -1.70. The van der Waals surface area contributed by atoms with Crippen LogP contribution >= 0.6 is 15.9 Å². The summed E-state index contributed by atoms with van der Waals surface area (Å²) in [4.78, 5) is 0. The van der Waals surface area contributed by atoms with E-state index in [2.05, 4.69) is 25.8 Å². The van der Waals surface area contributed by atoms with Crippen LogP contribution in [-0.2, 0) is 0 Å². The van der Waals surface area contributed by atoms with Gasteiger partial charge in [0.1, 0.15) is 5.69 Å². The van der Waals surface area contributed by atoms with Crippen LogP contribution in [0, 0.1) is 0 Å². The largest absolute Gasteiger partial charge is 0.573 e. The van der Waals surface area contributed by atoms with E-state index in [-0.39, 0.29) is 11.4 Å². The molecule has 0 amide bonds. The second-order valence-corrected chi connectivity index (χ2v) is 4.03. The zero-order valence-electron chi connectivity index (χ0n) is 8.28. The summed E-state index contributed by atoms with van der Waals surface area (Å²) in [5, 5.41) is 3.90. The molecule has 1 aromatic heterocycles. The van der Waals surface area contributed by atoms with Crippen LogP contribution in [0.25, 0.3) is 5.69 Å². The Kier molecular flexibility index (Phi) is 3.10. The minimum absolute atomic E-state index is 0.218. The SMILES string of the molecule is FC(F)(F)Oc1ccccc1-n1cc(Br)cn1. The Morgan fingerprint density at radius 3 is 2.53 bits per heavy atom. The third-order valence-corrected chi connectivity index (χ3v) is 2.30. The number of halogens is 4. The van der Waals surface area contributed by atoms with Crippen molar-refractivity contribution in [3.05, 3.63) is 41.1 Å². The molecule has 0 saturated carbocycles. The van der Waals surface area contributed by atoms with Crippen LogP contribution in [0.3, 0.4) is 0 Å². The molecule has 0 unspecified atom stereocenters. The minimum atomic E-state index is -4.72. The van der Waals surface area contributed by atoms with Crippen LogP contribution in [0.15, 0.2) is 41.1 Å². The fourth-order valence-electron chi connectivity index (χ4n) is 1.29. The van der Waals surface area contributed by atoms with E-state index in [9.17, 15) is 13.2 Å². The van der Waals surface area contributed by atoms with Crippen molar-refractivity contribution in [2.45, 2.75) is 6.36 Å². The first-order valence-electron chi connectivity index (χ1n) is 4.51. The first-order chi connectivity index (χ1) is 7.96. The van der Waals surface area contributed by atoms with Gasteiger partial charge in [-0.2, -0.15) is 5.10 Å². The number of benzene rings is 1. The first kappa shape index (κ1) is 12.0. The lowest BCUT2D eigenvalue weighted by Gasteiger charge is -2.12. The summed E-state index contributed by atoms with van der Waals surface area (Å²) in [5.74, 6) is -0.296. The normalized spacial score (nSPS) is 11.5. The van der Waals surface area contributed by atoms with Crippen molar-refractivity contribution in [2.24, 2.45) is 0 Å². The van der Waals surface area contributed by atoms with Crippen molar-refractivity contribution >= 4 is 15.9 Å². The summed E-state index contributed by atoms with van der Waals surface area (Å²) < 4.78 is 42.4. The molecule has 0 fully saturated rings. The Labute approximate surface area is 103 Å². The predicted octanol–water partition coefficient (Wildman–Crippen LogP) is 3.53. The summed E-state index contributed by atoms with van der Waals surface area (Å²) in [7, 11) is 0. The molecule has 0 spiro atoms. The molecule has 0 aliphatic carbocycles. The summed E-state index contributed by atoms with van der Waals surface area (Å²) >= 11 is 3.17. The van der Waals surface area contributed by atoms with E-state index in [1.165, 1.54) is 29.1 Å². The summed E-state index contributed by atoms with van der Waals surface area (Å²) in [6.45, 7) is 0. The standard InChI is InChI=1S/C10H6BrF3N2O/c11-7-5-15-16(6-7)8-3-1-2-4-9(8)17-10(12,13)14/h1-6H. The van der Waals surface area contributed by atoms with E-state index in [1.54, 1.807) is 12.3 Å². The van der Waals surface area contributed by atoms with Gasteiger partial charge in [-0.1, -0.05) is 12.1 Å². The van der Waals surface area contributed by atoms with Gasteiger partial charge < -0.3 is 4.74 Å². The van der Waals surface area contributed by atoms with Crippen LogP contribution < -0.4 is 4.74 Å². The van der Waals surface area contributed by atoms with E-state index in [0.717, 1.165) is 0 Å². The molecular formula is C10H6BrF3N2O. The minimum Gasteiger partial charge on any atom is -0.403 e. The smallest absolute Gasteiger partial charge is 0.403 e. The second kappa shape index (κ2) is 4.40. The number of para-hydroxylation sites is 2. The van der Waals surface area contributed by atoms with Gasteiger partial charge in [0.25, 0.3) is 0 Å². The number of aromatic nitrogens is 2. The topological polar surface area (TPSA) is 27.1 Å². The number of nitrogens with zero attached hydrogens (tertiary/aromatic N) is 2. The van der Waals surface area contributed by atoms with Crippen molar-refractivity contribution in [3.8, 4) is 11.4 Å². The average molecular weight is 307 g/mol. The molecule has 3 nitrogen and oxygen atoms in total. The zero-order chi connectivity index (χ0) is 12.5. The lowest BCUT2D eigenvalue weighted by atomic mass is 10.3. The van der Waals surface area contributed by atoms with Gasteiger partial charge >= 0.3 is 6.36 Å². The molecule has 0 bridgehead atoms. The van der Waals surface area contributed by atoms with Gasteiger partial charge in [0.05, 0.1) is 10.7 Å². The molecule has 0 radical (unpaired) electrons. The predicted molar refractivity (Wildman–Crippen MR) is 57.9 cm³/mol. The third-order valence-electron chi connectivity index (χ3n) is 1.89. The molecule has 0 aliphatic heterocycles. The van der Waals surface area contributed by atoms with E-state index in [4.69, 9.17) is 0 Å². The number of hydrogen-bond donors (Lipinski definition) is 0. The van der Waals surface area contributed by atoms with Crippen LogP contribution in [0.5, 0.6) is 5.75 Å². The molecule has 2 rings (SSSR count). The van der Waals surface area contributed by atoms with Crippen molar-refractivity contribution < 1.29 is 17.9 Å². The van der Waals surface area contributed by atoms with E-state index in [0.29, 0.717) is 4.47 Å². The average Bonchev–Trinajstić information content (AvgIpc) is 2.63. The van der Waals surface area contributed by atoms with Crippen LogP contribution in [0.1, 0.15) is 0 Å². The molecule has 2 aromatic rings. The molecule has 90 valence electrons. The molecule has 17 heavy (non-hydrogen) atoms. The van der Waals surface area contributed by atoms with Gasteiger partial charge in [0.2, 0.25) is 0 Å². The number of alkyl halides is 3. The Bertz CT molecular complexity index is 524. The number of ether oxygens (including phenoxy) is 1. The number of rotatable bonds is 2. The maximum atomic E-state index is 12.2. The summed E-state index contributed by atoms with van der Waals surface area (Å²) in [5.41, 5.74) is 0.218. The highest BCUT2D eigenvalue weighted by atomic mass is 79.9. The molecule has 0 N–H and O–H groups in total. The maximum absolute atomic E-state index is 12.2. The number of hydrogen-bond acceptors (Lipinski definition) is 2. The van der Waals surface area contributed by atoms with Gasteiger partial charge in [-0.25, -0.2) is 4.68 Å². The van der Waals surface area contributed by atoms with Gasteiger partial charge in [-0.15, -0.1) is 13.2 Å². The van der Waals surface area contributed by atoms with E-state index >= 15 is 0 Å². The van der Waals surface area contributed by atoms with Crippen molar-refractivity contribution in [2.75, 3.05) is 0 Å². The Hall–Kier alpha value is -1.50. The lowest BCUT2D eigenvalue weighted by Crippen LogP contribution is -2.18. The van der Waals surface area contributed by atoms with Crippen molar-refractivity contribution in [1.82, 2.24) is 9.78 Å². The molecule has 0 aliphatic rings. The summed E-state index contributed by atoms with van der Waals surface area (Å²) in [6, 6.07) is 5.79. The van der Waals surface area contributed by atoms with Crippen molar-refractivity contribution in [1.29, 1.82) is 0 Å². The molecule has 7 heteroatoms. The van der Waals surface area contributed by atoms with Gasteiger partial charge in [-0.3, -0.25) is 0 Å². The van der Waals surface area contributed by atoms with Crippen LogP contribution in [0.4, 0.5) is 13.2 Å². The quantitative estimate of drug-likeness (QED) is 0.848. The Morgan fingerprint density at radius 2 is 1.94 bits per heavy atom. The molecular weight excluding hydrogens is 301 g/mol. The monoisotopic (exact) mass is 306 g/mol. The fraction of sp³-hybridized carbons (Fsp3) is 0.100. The molecule has 1 aromatic carbocycles. The van der Waals surface area contributed by atoms with Gasteiger partial charge in [0.15, 0.2) is 5.75 Å². The Morgan fingerprint density at radius 1 is 1.24 bits per heavy atom.